The third-order valence-electron chi connectivity index (χ3n) is 4.59. The first-order valence-electron chi connectivity index (χ1n) is 9.81. The number of nitrogens with one attached hydrogen (secondary N) is 2. The minimum Gasteiger partial charge on any atom is -0.363 e. The highest BCUT2D eigenvalue weighted by atomic mass is 32.1. The lowest BCUT2D eigenvalue weighted by Gasteiger charge is -2.33. The summed E-state index contributed by atoms with van der Waals surface area (Å²) in [6.07, 6.45) is 2.89. The molecule has 0 amide bonds. The maximum atomic E-state index is 5.29. The molecule has 2 N–H and O–H groups in total. The van der Waals surface area contributed by atoms with Crippen molar-refractivity contribution in [2.24, 2.45) is 4.99 Å². The van der Waals surface area contributed by atoms with E-state index in [4.69, 9.17) is 4.52 Å². The number of aliphatic imine (C=N–C) groups is 1. The molecule has 0 spiro atoms. The van der Waals surface area contributed by atoms with Gasteiger partial charge in [0.1, 0.15) is 0 Å². The third-order valence-corrected chi connectivity index (χ3v) is 5.52. The van der Waals surface area contributed by atoms with Gasteiger partial charge in [-0.3, -0.25) is 4.99 Å². The van der Waals surface area contributed by atoms with Gasteiger partial charge >= 0.3 is 0 Å². The Morgan fingerprint density at radius 3 is 2.85 bits per heavy atom. The fraction of sp³-hybridized carbons (Fsp3) is 0.632. The molecule has 0 atom stereocenters. The van der Waals surface area contributed by atoms with Gasteiger partial charge in [-0.1, -0.05) is 19.0 Å². The molecule has 0 unspecified atom stereocenters. The number of rotatable bonds is 7. The van der Waals surface area contributed by atoms with Gasteiger partial charge in [0.15, 0.2) is 11.8 Å². The van der Waals surface area contributed by atoms with Crippen molar-refractivity contribution in [3.05, 3.63) is 29.2 Å². The fourth-order valence-electron chi connectivity index (χ4n) is 3.07. The molecule has 0 radical (unpaired) electrons. The van der Waals surface area contributed by atoms with Gasteiger partial charge in [-0.25, -0.2) is 0 Å². The van der Waals surface area contributed by atoms with E-state index in [1.807, 2.05) is 11.3 Å². The number of guanidine groups is 1. The van der Waals surface area contributed by atoms with Crippen molar-refractivity contribution < 1.29 is 4.52 Å². The second-order valence-electron chi connectivity index (χ2n) is 7.07. The summed E-state index contributed by atoms with van der Waals surface area (Å²) in [5.74, 6) is 2.57. The second kappa shape index (κ2) is 9.73. The van der Waals surface area contributed by atoms with Gasteiger partial charge in [-0.05, 0) is 37.3 Å². The molecule has 27 heavy (non-hydrogen) atoms. The number of aromatic nitrogens is 2. The summed E-state index contributed by atoms with van der Waals surface area (Å²) in [7, 11) is 0. The van der Waals surface area contributed by atoms with Crippen LogP contribution in [0, 0.1) is 0 Å². The van der Waals surface area contributed by atoms with E-state index < -0.39 is 0 Å². The summed E-state index contributed by atoms with van der Waals surface area (Å²) in [6.45, 7) is 9.84. The average molecular weight is 391 g/mol. The molecule has 0 aromatic carbocycles. The second-order valence-corrected chi connectivity index (χ2v) is 7.99. The van der Waals surface area contributed by atoms with Crippen LogP contribution in [0.1, 0.15) is 51.2 Å². The molecule has 3 rings (SSSR count). The standard InChI is InChI=1S/C19H30N6OS/c1-4-20-19(21-10-7-16-23-18(14(2)3)24-26-16)22-15-8-11-25(12-9-15)17-6-5-13-27-17/h5-6,13-15H,4,7-12H2,1-3H3,(H2,20,21,22). The van der Waals surface area contributed by atoms with Crippen LogP contribution in [0.2, 0.25) is 0 Å². The number of nitrogens with zero attached hydrogens (tertiary/aromatic N) is 4. The van der Waals surface area contributed by atoms with E-state index in [1.165, 1.54) is 5.00 Å². The molecule has 2 aromatic heterocycles. The van der Waals surface area contributed by atoms with Gasteiger partial charge < -0.3 is 20.1 Å². The summed E-state index contributed by atoms with van der Waals surface area (Å²) in [4.78, 5) is 11.6. The van der Waals surface area contributed by atoms with E-state index in [0.29, 0.717) is 24.9 Å². The van der Waals surface area contributed by atoms with Crippen LogP contribution >= 0.6 is 11.3 Å². The van der Waals surface area contributed by atoms with Gasteiger partial charge in [0.25, 0.3) is 0 Å². The van der Waals surface area contributed by atoms with Crippen LogP contribution in [0.15, 0.2) is 27.0 Å². The van der Waals surface area contributed by atoms with Crippen LogP contribution in [-0.4, -0.2) is 48.3 Å². The van der Waals surface area contributed by atoms with Gasteiger partial charge in [0.05, 0.1) is 11.5 Å². The molecular formula is C19H30N6OS. The van der Waals surface area contributed by atoms with Crippen LogP contribution in [0.3, 0.4) is 0 Å². The lowest BCUT2D eigenvalue weighted by atomic mass is 10.1. The normalized spacial score (nSPS) is 16.1. The third kappa shape index (κ3) is 5.69. The molecule has 3 heterocycles. The molecule has 1 aliphatic rings. The van der Waals surface area contributed by atoms with Crippen LogP contribution in [-0.2, 0) is 6.42 Å². The Morgan fingerprint density at radius 2 is 2.22 bits per heavy atom. The lowest BCUT2D eigenvalue weighted by Crippen LogP contribution is -2.48. The van der Waals surface area contributed by atoms with Crippen molar-refractivity contribution in [2.45, 2.75) is 52.0 Å². The zero-order valence-corrected chi connectivity index (χ0v) is 17.3. The Kier molecular flexibility index (Phi) is 7.09. The van der Waals surface area contributed by atoms with Gasteiger partial charge in [0.2, 0.25) is 5.89 Å². The number of anilines is 1. The minimum atomic E-state index is 0.282. The number of piperidine rings is 1. The molecule has 7 nitrogen and oxygen atoms in total. The first kappa shape index (κ1) is 19.7. The Morgan fingerprint density at radius 1 is 1.41 bits per heavy atom. The van der Waals surface area contributed by atoms with Gasteiger partial charge in [-0.2, -0.15) is 4.98 Å². The van der Waals surface area contributed by atoms with E-state index in [0.717, 1.165) is 44.3 Å². The molecule has 1 saturated heterocycles. The van der Waals surface area contributed by atoms with Crippen molar-refractivity contribution in [2.75, 3.05) is 31.1 Å². The Hall–Kier alpha value is -2.09. The SMILES string of the molecule is CCNC(=NCCc1nc(C(C)C)no1)NC1CCN(c2cccs2)CC1. The maximum Gasteiger partial charge on any atom is 0.228 e. The Labute approximate surface area is 165 Å². The van der Waals surface area contributed by atoms with Crippen LogP contribution in [0.5, 0.6) is 0 Å². The largest absolute Gasteiger partial charge is 0.363 e. The topological polar surface area (TPSA) is 78.6 Å². The van der Waals surface area contributed by atoms with E-state index in [2.05, 4.69) is 69.0 Å². The zero-order chi connectivity index (χ0) is 19.1. The minimum absolute atomic E-state index is 0.282. The molecule has 8 heteroatoms. The quantitative estimate of drug-likeness (QED) is 0.559. The summed E-state index contributed by atoms with van der Waals surface area (Å²) >= 11 is 1.81. The van der Waals surface area contributed by atoms with Crippen molar-refractivity contribution in [1.82, 2.24) is 20.8 Å². The molecule has 1 aliphatic heterocycles. The van der Waals surface area contributed by atoms with E-state index in [9.17, 15) is 0 Å². The van der Waals surface area contributed by atoms with E-state index in [1.54, 1.807) is 0 Å². The highest BCUT2D eigenvalue weighted by molar-refractivity contribution is 7.14. The maximum absolute atomic E-state index is 5.29. The number of thiophene rings is 1. The highest BCUT2D eigenvalue weighted by Gasteiger charge is 2.20. The van der Waals surface area contributed by atoms with Gasteiger partial charge in [-0.15, -0.1) is 11.3 Å². The summed E-state index contributed by atoms with van der Waals surface area (Å²) in [5.41, 5.74) is 0. The van der Waals surface area contributed by atoms with Gasteiger partial charge in [0, 0.05) is 38.0 Å². The fourth-order valence-corrected chi connectivity index (χ4v) is 3.86. The van der Waals surface area contributed by atoms with E-state index in [-0.39, 0.29) is 5.92 Å². The lowest BCUT2D eigenvalue weighted by molar-refractivity contribution is 0.372. The van der Waals surface area contributed by atoms with Crippen molar-refractivity contribution in [3.8, 4) is 0 Å². The Bertz CT molecular complexity index is 704. The molecule has 1 fully saturated rings. The zero-order valence-electron chi connectivity index (χ0n) is 16.4. The molecule has 0 saturated carbocycles. The van der Waals surface area contributed by atoms with Crippen LogP contribution in [0.25, 0.3) is 0 Å². The van der Waals surface area contributed by atoms with E-state index >= 15 is 0 Å². The molecule has 0 aliphatic carbocycles. The Balaban J connectivity index is 1.47. The summed E-state index contributed by atoms with van der Waals surface area (Å²) < 4.78 is 5.29. The van der Waals surface area contributed by atoms with Crippen LogP contribution in [0.4, 0.5) is 5.00 Å². The number of hydrogen-bond donors (Lipinski definition) is 2. The summed E-state index contributed by atoms with van der Waals surface area (Å²) in [5, 5.41) is 14.4. The van der Waals surface area contributed by atoms with Crippen molar-refractivity contribution >= 4 is 22.3 Å². The molecular weight excluding hydrogens is 360 g/mol. The first-order valence-corrected chi connectivity index (χ1v) is 10.7. The first-order chi connectivity index (χ1) is 13.2. The van der Waals surface area contributed by atoms with Crippen molar-refractivity contribution in [1.29, 1.82) is 0 Å². The average Bonchev–Trinajstić information content (AvgIpc) is 3.35. The molecule has 148 valence electrons. The van der Waals surface area contributed by atoms with Crippen molar-refractivity contribution in [3.63, 3.8) is 0 Å². The summed E-state index contributed by atoms with van der Waals surface area (Å²) in [6, 6.07) is 4.77. The highest BCUT2D eigenvalue weighted by Crippen LogP contribution is 2.24. The molecule has 0 bridgehead atoms. The number of hydrogen-bond acceptors (Lipinski definition) is 6. The predicted octanol–water partition coefficient (Wildman–Crippen LogP) is 3.02. The molecule has 2 aromatic rings. The van der Waals surface area contributed by atoms with Crippen LogP contribution < -0.4 is 15.5 Å². The predicted molar refractivity (Wildman–Crippen MR) is 111 cm³/mol. The smallest absolute Gasteiger partial charge is 0.228 e. The monoisotopic (exact) mass is 390 g/mol.